The van der Waals surface area contributed by atoms with Crippen molar-refractivity contribution in [3.63, 3.8) is 0 Å². The summed E-state index contributed by atoms with van der Waals surface area (Å²) < 4.78 is 0. The predicted octanol–water partition coefficient (Wildman–Crippen LogP) is 2.92. The molecule has 0 unspecified atom stereocenters. The third kappa shape index (κ3) is 2.98. The Morgan fingerprint density at radius 2 is 1.86 bits per heavy atom. The Hall–Kier alpha value is -2.30. The minimum absolute atomic E-state index is 0.117. The van der Waals surface area contributed by atoms with Gasteiger partial charge in [-0.3, -0.25) is 9.89 Å². The van der Waals surface area contributed by atoms with E-state index in [4.69, 9.17) is 5.73 Å². The first-order chi connectivity index (χ1) is 10.4. The molecule has 0 spiro atoms. The van der Waals surface area contributed by atoms with E-state index in [2.05, 4.69) is 24.0 Å². The molecular formula is C17H22N4O. The lowest BCUT2D eigenvalue weighted by Crippen LogP contribution is -2.41. The van der Waals surface area contributed by atoms with Crippen LogP contribution in [0, 0.1) is 5.41 Å². The zero-order valence-electron chi connectivity index (χ0n) is 13.1. The zero-order chi connectivity index (χ0) is 15.7. The summed E-state index contributed by atoms with van der Waals surface area (Å²) in [5.74, 6) is 0.581. The summed E-state index contributed by atoms with van der Waals surface area (Å²) in [4.78, 5) is 14.5. The van der Waals surface area contributed by atoms with E-state index in [1.54, 1.807) is 6.07 Å². The van der Waals surface area contributed by atoms with Crippen molar-refractivity contribution in [1.82, 2.24) is 15.1 Å². The van der Waals surface area contributed by atoms with Gasteiger partial charge in [0.15, 0.2) is 0 Å². The number of nitrogen functional groups attached to an aromatic ring is 1. The Morgan fingerprint density at radius 3 is 2.41 bits per heavy atom. The molecule has 0 bridgehead atoms. The number of rotatable bonds is 2. The first kappa shape index (κ1) is 14.6. The summed E-state index contributed by atoms with van der Waals surface area (Å²) in [6.45, 7) is 6.20. The van der Waals surface area contributed by atoms with Gasteiger partial charge in [-0.1, -0.05) is 26.0 Å². The fourth-order valence-electron chi connectivity index (χ4n) is 2.78. The van der Waals surface area contributed by atoms with Gasteiger partial charge < -0.3 is 10.6 Å². The Balaban J connectivity index is 1.71. The highest BCUT2D eigenvalue weighted by Gasteiger charge is 2.28. The van der Waals surface area contributed by atoms with Crippen molar-refractivity contribution in [3.8, 4) is 11.3 Å². The number of nitrogens with one attached hydrogen (secondary N) is 1. The number of likely N-dealkylation sites (tertiary alicyclic amines) is 1. The maximum Gasteiger partial charge on any atom is 0.253 e. The van der Waals surface area contributed by atoms with Crippen molar-refractivity contribution in [2.24, 2.45) is 5.41 Å². The standard InChI is InChI=1S/C17H22N4O/c1-17(2)7-9-21(10-8-17)16(22)13-5-3-12(4-6-13)14-11-15(18)20-19-14/h3-6,11H,7-10H2,1-2H3,(H3,18,19,20). The average Bonchev–Trinajstić information content (AvgIpc) is 2.93. The number of hydrogen-bond acceptors (Lipinski definition) is 3. The third-order valence-corrected chi connectivity index (χ3v) is 4.44. The first-order valence-corrected chi connectivity index (χ1v) is 7.65. The van der Waals surface area contributed by atoms with Crippen molar-refractivity contribution >= 4 is 11.7 Å². The van der Waals surface area contributed by atoms with Crippen LogP contribution in [0.25, 0.3) is 11.3 Å². The van der Waals surface area contributed by atoms with Crippen LogP contribution in [0.3, 0.4) is 0 Å². The van der Waals surface area contributed by atoms with Crippen LogP contribution in [0.15, 0.2) is 30.3 Å². The molecule has 3 N–H and O–H groups in total. The second-order valence-corrected chi connectivity index (χ2v) is 6.74. The van der Waals surface area contributed by atoms with Crippen LogP contribution in [0.5, 0.6) is 0 Å². The zero-order valence-corrected chi connectivity index (χ0v) is 13.1. The van der Waals surface area contributed by atoms with Gasteiger partial charge in [0.2, 0.25) is 0 Å². The van der Waals surface area contributed by atoms with Gasteiger partial charge >= 0.3 is 0 Å². The summed E-state index contributed by atoms with van der Waals surface area (Å²) in [6.07, 6.45) is 2.12. The number of aromatic amines is 1. The molecule has 0 aliphatic carbocycles. The Kier molecular flexibility index (Phi) is 3.64. The van der Waals surface area contributed by atoms with E-state index in [1.165, 1.54) is 0 Å². The van der Waals surface area contributed by atoms with Gasteiger partial charge in [0.05, 0.1) is 5.69 Å². The molecule has 22 heavy (non-hydrogen) atoms. The van der Waals surface area contributed by atoms with Gasteiger partial charge in [0.25, 0.3) is 5.91 Å². The number of benzene rings is 1. The number of carbonyl (C=O) groups excluding carboxylic acids is 1. The number of piperidine rings is 1. The summed E-state index contributed by atoms with van der Waals surface area (Å²) in [6, 6.07) is 9.37. The lowest BCUT2D eigenvalue weighted by Gasteiger charge is -2.37. The van der Waals surface area contributed by atoms with E-state index in [0.717, 1.165) is 42.8 Å². The topological polar surface area (TPSA) is 75.0 Å². The van der Waals surface area contributed by atoms with Crippen LogP contribution >= 0.6 is 0 Å². The number of carbonyl (C=O) groups is 1. The third-order valence-electron chi connectivity index (χ3n) is 4.44. The van der Waals surface area contributed by atoms with Crippen molar-refractivity contribution < 1.29 is 4.79 Å². The van der Waals surface area contributed by atoms with Crippen LogP contribution in [0.4, 0.5) is 5.82 Å². The summed E-state index contributed by atoms with van der Waals surface area (Å²) >= 11 is 0. The van der Waals surface area contributed by atoms with Crippen LogP contribution in [-0.2, 0) is 0 Å². The number of H-pyrrole nitrogens is 1. The molecule has 1 aromatic carbocycles. The fraction of sp³-hybridized carbons (Fsp3) is 0.412. The highest BCUT2D eigenvalue weighted by atomic mass is 16.2. The van der Waals surface area contributed by atoms with Crippen molar-refractivity contribution in [1.29, 1.82) is 0 Å². The SMILES string of the molecule is CC1(C)CCN(C(=O)c2ccc(-c3cc(N)n[nH]3)cc2)CC1. The Labute approximate surface area is 130 Å². The average molecular weight is 298 g/mol. The van der Waals surface area contributed by atoms with Crippen LogP contribution < -0.4 is 5.73 Å². The van der Waals surface area contributed by atoms with Gasteiger partial charge in [0, 0.05) is 24.7 Å². The highest BCUT2D eigenvalue weighted by Crippen LogP contribution is 2.30. The van der Waals surface area contributed by atoms with Crippen molar-refractivity contribution in [2.45, 2.75) is 26.7 Å². The van der Waals surface area contributed by atoms with Gasteiger partial charge in [-0.2, -0.15) is 5.10 Å². The molecule has 5 nitrogen and oxygen atoms in total. The summed E-state index contributed by atoms with van der Waals surface area (Å²) in [7, 11) is 0. The minimum atomic E-state index is 0.117. The maximum atomic E-state index is 12.5. The molecule has 2 heterocycles. The minimum Gasteiger partial charge on any atom is -0.382 e. The van der Waals surface area contributed by atoms with E-state index in [-0.39, 0.29) is 5.91 Å². The normalized spacial score (nSPS) is 17.5. The van der Waals surface area contributed by atoms with E-state index < -0.39 is 0 Å². The smallest absolute Gasteiger partial charge is 0.253 e. The molecule has 1 amide bonds. The van der Waals surface area contributed by atoms with Gasteiger partial charge in [-0.25, -0.2) is 0 Å². The monoisotopic (exact) mass is 298 g/mol. The van der Waals surface area contributed by atoms with Crippen LogP contribution in [0.1, 0.15) is 37.0 Å². The van der Waals surface area contributed by atoms with Gasteiger partial charge in [0.1, 0.15) is 5.82 Å². The Bertz CT molecular complexity index is 662. The Morgan fingerprint density at radius 1 is 1.23 bits per heavy atom. The van der Waals surface area contributed by atoms with Crippen molar-refractivity contribution in [2.75, 3.05) is 18.8 Å². The largest absolute Gasteiger partial charge is 0.382 e. The molecule has 5 heteroatoms. The molecule has 3 rings (SSSR count). The van der Waals surface area contributed by atoms with Crippen molar-refractivity contribution in [3.05, 3.63) is 35.9 Å². The molecule has 116 valence electrons. The fourth-order valence-corrected chi connectivity index (χ4v) is 2.78. The second kappa shape index (κ2) is 5.48. The number of nitrogens with zero attached hydrogens (tertiary/aromatic N) is 2. The molecule has 0 saturated carbocycles. The lowest BCUT2D eigenvalue weighted by atomic mass is 9.82. The van der Waals surface area contributed by atoms with Crippen LogP contribution in [0.2, 0.25) is 0 Å². The van der Waals surface area contributed by atoms with E-state index in [9.17, 15) is 4.79 Å². The second-order valence-electron chi connectivity index (χ2n) is 6.74. The lowest BCUT2D eigenvalue weighted by molar-refractivity contribution is 0.0630. The number of anilines is 1. The summed E-state index contributed by atoms with van der Waals surface area (Å²) in [5, 5.41) is 6.79. The number of hydrogen-bond donors (Lipinski definition) is 2. The molecule has 1 aromatic heterocycles. The molecule has 1 aliphatic rings. The van der Waals surface area contributed by atoms with E-state index in [0.29, 0.717) is 11.2 Å². The number of amides is 1. The van der Waals surface area contributed by atoms with Gasteiger partial charge in [-0.15, -0.1) is 0 Å². The molecule has 0 atom stereocenters. The molecule has 0 radical (unpaired) electrons. The molecular weight excluding hydrogens is 276 g/mol. The predicted molar refractivity (Wildman–Crippen MR) is 87.4 cm³/mol. The quantitative estimate of drug-likeness (QED) is 0.895. The molecule has 1 saturated heterocycles. The number of aromatic nitrogens is 2. The molecule has 1 fully saturated rings. The number of nitrogens with two attached hydrogens (primary N) is 1. The molecule has 1 aliphatic heterocycles. The first-order valence-electron chi connectivity index (χ1n) is 7.65. The van der Waals surface area contributed by atoms with Crippen LogP contribution in [-0.4, -0.2) is 34.1 Å². The summed E-state index contributed by atoms with van der Waals surface area (Å²) in [5.41, 5.74) is 8.52. The van der Waals surface area contributed by atoms with Gasteiger partial charge in [-0.05, 0) is 36.0 Å². The molecule has 2 aromatic rings. The van der Waals surface area contributed by atoms with E-state index >= 15 is 0 Å². The highest BCUT2D eigenvalue weighted by molar-refractivity contribution is 5.94. The maximum absolute atomic E-state index is 12.5. The van der Waals surface area contributed by atoms with E-state index in [1.807, 2.05) is 29.2 Å².